The highest BCUT2D eigenvalue weighted by Crippen LogP contribution is 2.30. The first-order valence-corrected chi connectivity index (χ1v) is 9.52. The summed E-state index contributed by atoms with van der Waals surface area (Å²) in [5.41, 5.74) is 1.81. The number of aromatic nitrogens is 2. The van der Waals surface area contributed by atoms with E-state index in [1.54, 1.807) is 30.3 Å². The predicted octanol–water partition coefficient (Wildman–Crippen LogP) is 4.56. The van der Waals surface area contributed by atoms with E-state index < -0.39 is 0 Å². The molecule has 0 aliphatic rings. The van der Waals surface area contributed by atoms with Crippen LogP contribution >= 0.6 is 11.3 Å². The van der Waals surface area contributed by atoms with Crippen molar-refractivity contribution in [3.63, 3.8) is 0 Å². The second-order valence-electron chi connectivity index (χ2n) is 6.61. The lowest BCUT2D eigenvalue weighted by molar-refractivity contribution is 0.305. The van der Waals surface area contributed by atoms with Gasteiger partial charge in [-0.1, -0.05) is 30.3 Å². The molecule has 0 aliphatic carbocycles. The summed E-state index contributed by atoms with van der Waals surface area (Å²) in [6, 6.07) is 14.6. The molecule has 2 heterocycles. The monoisotopic (exact) mass is 397 g/mol. The van der Waals surface area contributed by atoms with Crippen LogP contribution in [-0.2, 0) is 13.1 Å². The van der Waals surface area contributed by atoms with E-state index in [1.165, 1.54) is 29.5 Å². The number of nitrogens with one attached hydrogen (secondary N) is 1. The zero-order valence-corrected chi connectivity index (χ0v) is 15.9. The Labute approximate surface area is 164 Å². The number of benzene rings is 2. The second kappa shape index (κ2) is 7.61. The quantitative estimate of drug-likeness (QED) is 0.537. The summed E-state index contributed by atoms with van der Waals surface area (Å²) >= 11 is 1.32. The lowest BCUT2D eigenvalue weighted by Crippen LogP contribution is -2.22. The van der Waals surface area contributed by atoms with Crippen molar-refractivity contribution in [2.75, 3.05) is 7.05 Å². The smallest absolute Gasteiger partial charge is 0.268 e. The molecule has 0 radical (unpaired) electrons. The molecule has 0 unspecified atom stereocenters. The Morgan fingerprint density at radius 2 is 1.82 bits per heavy atom. The van der Waals surface area contributed by atoms with Crippen LogP contribution in [0.3, 0.4) is 0 Å². The fourth-order valence-electron chi connectivity index (χ4n) is 3.05. The summed E-state index contributed by atoms with van der Waals surface area (Å²) in [6.07, 6.45) is 0. The van der Waals surface area contributed by atoms with Crippen LogP contribution in [-0.4, -0.2) is 21.9 Å². The van der Waals surface area contributed by atoms with Gasteiger partial charge >= 0.3 is 0 Å². The topological polar surface area (TPSA) is 49.0 Å². The number of H-pyrrole nitrogens is 1. The molecular formula is C21H17F2N3OS. The molecule has 0 saturated heterocycles. The predicted molar refractivity (Wildman–Crippen MR) is 107 cm³/mol. The van der Waals surface area contributed by atoms with Crippen molar-refractivity contribution in [1.82, 2.24) is 14.9 Å². The maximum Gasteiger partial charge on any atom is 0.268 e. The third-order valence-electron chi connectivity index (χ3n) is 4.38. The van der Waals surface area contributed by atoms with Crippen molar-refractivity contribution >= 4 is 21.6 Å². The largest absolute Gasteiger partial charge is 0.308 e. The van der Waals surface area contributed by atoms with Gasteiger partial charge in [0.1, 0.15) is 22.2 Å². The normalized spacial score (nSPS) is 11.4. The van der Waals surface area contributed by atoms with Crippen LogP contribution in [0.4, 0.5) is 8.78 Å². The van der Waals surface area contributed by atoms with Crippen LogP contribution in [0.25, 0.3) is 20.7 Å². The first kappa shape index (κ1) is 18.5. The molecule has 4 rings (SSSR count). The van der Waals surface area contributed by atoms with E-state index in [0.717, 1.165) is 10.4 Å². The van der Waals surface area contributed by atoms with E-state index in [0.29, 0.717) is 34.7 Å². The first-order valence-electron chi connectivity index (χ1n) is 8.70. The van der Waals surface area contributed by atoms with E-state index >= 15 is 0 Å². The Morgan fingerprint density at radius 1 is 1.07 bits per heavy atom. The zero-order chi connectivity index (χ0) is 19.7. The molecule has 0 aliphatic heterocycles. The minimum atomic E-state index is -0.305. The molecule has 0 fully saturated rings. The van der Waals surface area contributed by atoms with Gasteiger partial charge in [-0.05, 0) is 36.9 Å². The fraction of sp³-hybridized carbons (Fsp3) is 0.143. The summed E-state index contributed by atoms with van der Waals surface area (Å²) in [6.45, 7) is 0.778. The maximum atomic E-state index is 13.8. The van der Waals surface area contributed by atoms with Crippen LogP contribution in [0.5, 0.6) is 0 Å². The Morgan fingerprint density at radius 3 is 2.57 bits per heavy atom. The number of thiophene rings is 1. The van der Waals surface area contributed by atoms with E-state index in [1.807, 2.05) is 18.0 Å². The van der Waals surface area contributed by atoms with Gasteiger partial charge in [-0.15, -0.1) is 11.3 Å². The van der Waals surface area contributed by atoms with Gasteiger partial charge in [0.15, 0.2) is 0 Å². The molecule has 2 aromatic heterocycles. The fourth-order valence-corrected chi connectivity index (χ4v) is 4.05. The van der Waals surface area contributed by atoms with Crippen LogP contribution in [0.1, 0.15) is 11.4 Å². The number of rotatable bonds is 5. The lowest BCUT2D eigenvalue weighted by Gasteiger charge is -2.16. The van der Waals surface area contributed by atoms with Crippen LogP contribution in [0, 0.1) is 11.6 Å². The molecule has 0 spiro atoms. The minimum absolute atomic E-state index is 0.211. The second-order valence-corrected chi connectivity index (χ2v) is 7.66. The average molecular weight is 397 g/mol. The third-order valence-corrected chi connectivity index (χ3v) is 5.55. The number of hydrogen-bond donors (Lipinski definition) is 1. The van der Waals surface area contributed by atoms with Crippen molar-refractivity contribution < 1.29 is 8.78 Å². The van der Waals surface area contributed by atoms with E-state index in [4.69, 9.17) is 0 Å². The number of halogens is 2. The van der Waals surface area contributed by atoms with Gasteiger partial charge in [0.2, 0.25) is 0 Å². The Hall–Kier alpha value is -2.90. The van der Waals surface area contributed by atoms with Crippen LogP contribution in [0.15, 0.2) is 59.4 Å². The third kappa shape index (κ3) is 3.85. The summed E-state index contributed by atoms with van der Waals surface area (Å²) in [5.74, 6) is -0.0474. The van der Waals surface area contributed by atoms with Crippen molar-refractivity contribution in [3.05, 3.63) is 88.0 Å². The molecule has 4 nitrogen and oxygen atoms in total. The highest BCUT2D eigenvalue weighted by atomic mass is 32.1. The van der Waals surface area contributed by atoms with Gasteiger partial charge in [-0.25, -0.2) is 13.8 Å². The summed E-state index contributed by atoms with van der Waals surface area (Å²) < 4.78 is 27.5. The van der Waals surface area contributed by atoms with Crippen molar-refractivity contribution in [3.8, 4) is 10.4 Å². The highest BCUT2D eigenvalue weighted by molar-refractivity contribution is 7.22. The van der Waals surface area contributed by atoms with Gasteiger partial charge in [0, 0.05) is 17.0 Å². The van der Waals surface area contributed by atoms with Gasteiger partial charge in [-0.2, -0.15) is 0 Å². The summed E-state index contributed by atoms with van der Waals surface area (Å²) in [7, 11) is 1.84. The summed E-state index contributed by atoms with van der Waals surface area (Å²) in [5, 5.41) is 0. The van der Waals surface area contributed by atoms with Gasteiger partial charge in [0.05, 0.1) is 12.1 Å². The molecule has 1 N–H and O–H groups in total. The Balaban J connectivity index is 1.59. The standard InChI is InChI=1S/C21H17F2N3OS/c1-26(11-14-4-2-3-5-16(14)23)12-19-24-17-10-18(28-20(17)21(27)25-19)13-6-8-15(22)9-7-13/h2-10H,11-12H2,1H3,(H,24,25,27). The molecule has 0 bridgehead atoms. The van der Waals surface area contributed by atoms with Crippen molar-refractivity contribution in [2.45, 2.75) is 13.1 Å². The number of hydrogen-bond acceptors (Lipinski definition) is 4. The van der Waals surface area contributed by atoms with Gasteiger partial charge in [0.25, 0.3) is 5.56 Å². The van der Waals surface area contributed by atoms with E-state index in [2.05, 4.69) is 9.97 Å². The molecule has 2 aromatic carbocycles. The van der Waals surface area contributed by atoms with Crippen LogP contribution in [0.2, 0.25) is 0 Å². The van der Waals surface area contributed by atoms with Crippen molar-refractivity contribution in [1.29, 1.82) is 0 Å². The molecule has 0 atom stereocenters. The lowest BCUT2D eigenvalue weighted by atomic mass is 10.2. The Bertz CT molecular complexity index is 1180. The number of aromatic amines is 1. The SMILES string of the molecule is CN(Cc1nc2cc(-c3ccc(F)cc3)sc2c(=O)[nH]1)Cc1ccccc1F. The molecule has 0 amide bonds. The maximum absolute atomic E-state index is 13.8. The van der Waals surface area contributed by atoms with E-state index in [-0.39, 0.29) is 17.2 Å². The Kier molecular flexibility index (Phi) is 5.02. The number of nitrogens with zero attached hydrogens (tertiary/aromatic N) is 2. The zero-order valence-electron chi connectivity index (χ0n) is 15.1. The minimum Gasteiger partial charge on any atom is -0.308 e. The molecule has 7 heteroatoms. The van der Waals surface area contributed by atoms with Gasteiger partial charge in [-0.3, -0.25) is 9.69 Å². The molecule has 4 aromatic rings. The number of fused-ring (bicyclic) bond motifs is 1. The highest BCUT2D eigenvalue weighted by Gasteiger charge is 2.12. The molecular weight excluding hydrogens is 380 g/mol. The molecule has 0 saturated carbocycles. The molecule has 28 heavy (non-hydrogen) atoms. The summed E-state index contributed by atoms with van der Waals surface area (Å²) in [4.78, 5) is 22.6. The van der Waals surface area contributed by atoms with Crippen molar-refractivity contribution in [2.24, 2.45) is 0 Å². The van der Waals surface area contributed by atoms with Gasteiger partial charge < -0.3 is 4.98 Å². The molecule has 142 valence electrons. The van der Waals surface area contributed by atoms with Crippen LogP contribution < -0.4 is 5.56 Å². The first-order chi connectivity index (χ1) is 13.5. The van der Waals surface area contributed by atoms with E-state index in [9.17, 15) is 13.6 Å². The average Bonchev–Trinajstić information content (AvgIpc) is 3.09.